The van der Waals surface area contributed by atoms with Crippen molar-refractivity contribution in [1.29, 1.82) is 0 Å². The fourth-order valence-electron chi connectivity index (χ4n) is 4.10. The maximum absolute atomic E-state index is 9.82. The zero-order valence-corrected chi connectivity index (χ0v) is 15.8. The first kappa shape index (κ1) is 18.7. The summed E-state index contributed by atoms with van der Waals surface area (Å²) in [5.41, 5.74) is 1.17. The predicted octanol–water partition coefficient (Wildman–Crippen LogP) is 0.717. The van der Waals surface area contributed by atoms with E-state index < -0.39 is 0 Å². The Morgan fingerprint density at radius 3 is 2.20 bits per heavy atom. The van der Waals surface area contributed by atoms with Gasteiger partial charge < -0.3 is 14.9 Å². The van der Waals surface area contributed by atoms with Gasteiger partial charge in [-0.05, 0) is 18.4 Å². The lowest BCUT2D eigenvalue weighted by Gasteiger charge is -2.36. The van der Waals surface area contributed by atoms with Gasteiger partial charge in [-0.25, -0.2) is 9.97 Å². The lowest BCUT2D eigenvalue weighted by molar-refractivity contribution is 0.106. The molecule has 1 aromatic heterocycles. The number of piperazine rings is 1. The van der Waals surface area contributed by atoms with Gasteiger partial charge in [-0.3, -0.25) is 4.90 Å². The van der Waals surface area contributed by atoms with Crippen molar-refractivity contribution in [1.82, 2.24) is 24.7 Å². The SMILES string of the molecule is CCc1ncc(CN2C[C@@H](CN3CCN(CC)CC3)[C@@H](CO)C2)cn1. The third-order valence-corrected chi connectivity index (χ3v) is 5.77. The van der Waals surface area contributed by atoms with E-state index in [1.807, 2.05) is 12.4 Å². The van der Waals surface area contributed by atoms with Gasteiger partial charge in [0.15, 0.2) is 0 Å². The van der Waals surface area contributed by atoms with Gasteiger partial charge in [0.1, 0.15) is 5.82 Å². The minimum atomic E-state index is 0.293. The average Bonchev–Trinajstić information content (AvgIpc) is 3.04. The van der Waals surface area contributed by atoms with Crippen LogP contribution in [0.4, 0.5) is 0 Å². The molecule has 2 atom stereocenters. The van der Waals surface area contributed by atoms with E-state index in [1.165, 1.54) is 18.7 Å². The number of rotatable bonds is 7. The van der Waals surface area contributed by atoms with Crippen molar-refractivity contribution in [3.63, 3.8) is 0 Å². The van der Waals surface area contributed by atoms with Gasteiger partial charge in [0, 0.05) is 83.3 Å². The van der Waals surface area contributed by atoms with Gasteiger partial charge in [0.25, 0.3) is 0 Å². The predicted molar refractivity (Wildman–Crippen MR) is 99.3 cm³/mol. The second-order valence-corrected chi connectivity index (χ2v) is 7.49. The lowest BCUT2D eigenvalue weighted by atomic mass is 9.96. The number of nitrogens with zero attached hydrogens (tertiary/aromatic N) is 5. The number of hydrogen-bond donors (Lipinski definition) is 1. The van der Waals surface area contributed by atoms with Crippen LogP contribution in [0.3, 0.4) is 0 Å². The summed E-state index contributed by atoms with van der Waals surface area (Å²) in [5, 5.41) is 9.82. The average molecular weight is 348 g/mol. The maximum atomic E-state index is 9.82. The minimum absolute atomic E-state index is 0.293. The molecule has 0 amide bonds. The highest BCUT2D eigenvalue weighted by molar-refractivity contribution is 5.06. The molecule has 3 heterocycles. The van der Waals surface area contributed by atoms with Crippen molar-refractivity contribution in [2.24, 2.45) is 11.8 Å². The van der Waals surface area contributed by atoms with Gasteiger partial charge in [0.2, 0.25) is 0 Å². The Labute approximate surface area is 151 Å². The fourth-order valence-corrected chi connectivity index (χ4v) is 4.10. The quantitative estimate of drug-likeness (QED) is 0.784. The number of aliphatic hydroxyl groups is 1. The summed E-state index contributed by atoms with van der Waals surface area (Å²) < 4.78 is 0. The Kier molecular flexibility index (Phi) is 6.76. The Bertz CT molecular complexity index is 515. The van der Waals surface area contributed by atoms with Gasteiger partial charge in [-0.2, -0.15) is 0 Å². The van der Waals surface area contributed by atoms with Gasteiger partial charge >= 0.3 is 0 Å². The molecule has 0 bridgehead atoms. The molecule has 0 aromatic carbocycles. The Morgan fingerprint density at radius 2 is 1.60 bits per heavy atom. The molecule has 1 N–H and O–H groups in total. The zero-order chi connectivity index (χ0) is 17.6. The van der Waals surface area contributed by atoms with E-state index >= 15 is 0 Å². The first-order valence-electron chi connectivity index (χ1n) is 9.79. The molecule has 2 fully saturated rings. The fraction of sp³-hybridized carbons (Fsp3) is 0.789. The van der Waals surface area contributed by atoms with E-state index in [0.717, 1.165) is 58.1 Å². The van der Waals surface area contributed by atoms with E-state index in [-0.39, 0.29) is 0 Å². The van der Waals surface area contributed by atoms with E-state index in [4.69, 9.17) is 0 Å². The van der Waals surface area contributed by atoms with Crippen LogP contribution in [0.25, 0.3) is 0 Å². The molecule has 6 nitrogen and oxygen atoms in total. The Balaban J connectivity index is 1.51. The smallest absolute Gasteiger partial charge is 0.127 e. The molecular formula is C19H33N5O. The number of aryl methyl sites for hydroxylation is 1. The highest BCUT2D eigenvalue weighted by atomic mass is 16.3. The van der Waals surface area contributed by atoms with E-state index in [0.29, 0.717) is 18.4 Å². The summed E-state index contributed by atoms with van der Waals surface area (Å²) in [6.07, 6.45) is 4.79. The molecule has 0 spiro atoms. The molecule has 0 aliphatic carbocycles. The van der Waals surface area contributed by atoms with Gasteiger partial charge in [0.05, 0.1) is 0 Å². The summed E-state index contributed by atoms with van der Waals surface area (Å²) in [4.78, 5) is 16.4. The molecule has 140 valence electrons. The standard InChI is InChI=1S/C19H33N5O/c1-3-19-20-9-16(10-21-19)11-24-13-17(18(14-24)15-25)12-23-7-5-22(4-2)6-8-23/h9-10,17-18,25H,3-8,11-15H2,1-2H3/t17-,18-/m1/s1. The summed E-state index contributed by atoms with van der Waals surface area (Å²) in [6.45, 7) is 14.5. The highest BCUT2D eigenvalue weighted by Crippen LogP contribution is 2.25. The minimum Gasteiger partial charge on any atom is -0.396 e. The van der Waals surface area contributed by atoms with Crippen LogP contribution in [0.2, 0.25) is 0 Å². The molecule has 3 rings (SSSR count). The largest absolute Gasteiger partial charge is 0.396 e. The molecule has 2 aliphatic heterocycles. The van der Waals surface area contributed by atoms with E-state index in [1.54, 1.807) is 0 Å². The van der Waals surface area contributed by atoms with Crippen molar-refractivity contribution in [3.05, 3.63) is 23.8 Å². The van der Waals surface area contributed by atoms with Crippen molar-refractivity contribution >= 4 is 0 Å². The zero-order valence-electron chi connectivity index (χ0n) is 15.8. The third-order valence-electron chi connectivity index (χ3n) is 5.77. The van der Waals surface area contributed by atoms with Crippen molar-refractivity contribution < 1.29 is 5.11 Å². The summed E-state index contributed by atoms with van der Waals surface area (Å²) in [5.74, 6) is 1.86. The highest BCUT2D eigenvalue weighted by Gasteiger charge is 2.33. The van der Waals surface area contributed by atoms with Gasteiger partial charge in [-0.15, -0.1) is 0 Å². The number of aromatic nitrogens is 2. The summed E-state index contributed by atoms with van der Waals surface area (Å²) in [7, 11) is 0. The van der Waals surface area contributed by atoms with Crippen LogP contribution >= 0.6 is 0 Å². The van der Waals surface area contributed by atoms with Crippen LogP contribution in [-0.2, 0) is 13.0 Å². The molecule has 0 unspecified atom stereocenters. The molecule has 1 aromatic rings. The van der Waals surface area contributed by atoms with Crippen LogP contribution in [0, 0.1) is 11.8 Å². The van der Waals surface area contributed by atoms with Crippen LogP contribution in [-0.4, -0.2) is 88.7 Å². The second-order valence-electron chi connectivity index (χ2n) is 7.49. The van der Waals surface area contributed by atoms with Crippen LogP contribution in [0.5, 0.6) is 0 Å². The normalized spacial score (nSPS) is 26.4. The van der Waals surface area contributed by atoms with E-state index in [9.17, 15) is 5.11 Å². The maximum Gasteiger partial charge on any atom is 0.127 e. The second kappa shape index (κ2) is 9.03. The molecule has 2 aliphatic rings. The summed E-state index contributed by atoms with van der Waals surface area (Å²) in [6, 6.07) is 0. The van der Waals surface area contributed by atoms with E-state index in [2.05, 4.69) is 38.5 Å². The lowest BCUT2D eigenvalue weighted by Crippen LogP contribution is -2.48. The third kappa shape index (κ3) is 4.97. The number of hydrogen-bond acceptors (Lipinski definition) is 6. The molecular weight excluding hydrogens is 314 g/mol. The number of aliphatic hydroxyl groups excluding tert-OH is 1. The first-order valence-corrected chi connectivity index (χ1v) is 9.79. The number of likely N-dealkylation sites (tertiary alicyclic amines) is 1. The molecule has 0 saturated carbocycles. The summed E-state index contributed by atoms with van der Waals surface area (Å²) >= 11 is 0. The Morgan fingerprint density at radius 1 is 0.960 bits per heavy atom. The topological polar surface area (TPSA) is 55.7 Å². The van der Waals surface area contributed by atoms with Crippen molar-refractivity contribution in [2.45, 2.75) is 26.8 Å². The Hall–Kier alpha value is -1.08. The van der Waals surface area contributed by atoms with Crippen molar-refractivity contribution in [2.75, 3.05) is 59.0 Å². The molecule has 25 heavy (non-hydrogen) atoms. The molecule has 2 saturated heterocycles. The molecule has 0 radical (unpaired) electrons. The van der Waals surface area contributed by atoms with Crippen molar-refractivity contribution in [3.8, 4) is 0 Å². The monoisotopic (exact) mass is 347 g/mol. The van der Waals surface area contributed by atoms with Crippen LogP contribution in [0.15, 0.2) is 12.4 Å². The molecule has 6 heteroatoms. The number of likely N-dealkylation sites (N-methyl/N-ethyl adjacent to an activating group) is 1. The van der Waals surface area contributed by atoms with Crippen LogP contribution in [0.1, 0.15) is 25.2 Å². The van der Waals surface area contributed by atoms with Gasteiger partial charge in [-0.1, -0.05) is 13.8 Å². The first-order chi connectivity index (χ1) is 12.2. The van der Waals surface area contributed by atoms with Crippen LogP contribution < -0.4 is 0 Å².